The molecule has 4 aliphatic rings. The Morgan fingerprint density at radius 1 is 0.861 bits per heavy atom. The van der Waals surface area contributed by atoms with Crippen LogP contribution in [0.3, 0.4) is 0 Å². The van der Waals surface area contributed by atoms with Crippen LogP contribution in [0, 0.1) is 40.9 Å². The van der Waals surface area contributed by atoms with E-state index < -0.39 is 126 Å². The van der Waals surface area contributed by atoms with Crippen molar-refractivity contribution < 1.29 is 78.0 Å². The minimum absolute atomic E-state index is 0.0350. The zero-order chi connectivity index (χ0) is 53.7. The number of piperidine rings is 1. The SMILES string of the molecule is CO[C@H]1C[C@@H]2CC[C@@H](C)[C@@](O)(O2)C(=O)C(=O)N2CCCC[C@H]2C(=O)O[C@H]([C@H](C)C[C@@H]2CC[C@@H](OC(=O)C(C)(CO)CO)[C@H](OC)C2)CC(=O)[C@H](C)/C=C(\C)[C@@H](O)[C@@H](O)C(=O)[C@H](C)C[C@H](C)/C=C/C=C/C=C/1C. The number of esters is 2. The Kier molecular flexibility index (Phi) is 23.2. The van der Waals surface area contributed by atoms with E-state index in [1.807, 2.05) is 51.2 Å². The van der Waals surface area contributed by atoms with Gasteiger partial charge in [-0.1, -0.05) is 71.1 Å². The van der Waals surface area contributed by atoms with E-state index in [1.54, 1.807) is 27.9 Å². The fourth-order valence-electron chi connectivity index (χ4n) is 10.5. The molecule has 3 aliphatic heterocycles. The van der Waals surface area contributed by atoms with Gasteiger partial charge in [0, 0.05) is 51.4 Å². The van der Waals surface area contributed by atoms with Crippen LogP contribution in [-0.4, -0.2) is 154 Å². The molecule has 15 atom stereocenters. The molecule has 406 valence electrons. The number of methoxy groups -OCH3 is 2. The van der Waals surface area contributed by atoms with Crippen molar-refractivity contribution in [3.8, 4) is 0 Å². The Morgan fingerprint density at radius 2 is 1.56 bits per heavy atom. The third-order valence-corrected chi connectivity index (χ3v) is 15.7. The zero-order valence-electron chi connectivity index (χ0n) is 44.3. The van der Waals surface area contributed by atoms with Gasteiger partial charge in [-0.3, -0.25) is 24.0 Å². The standard InChI is InChI=1S/C55H85NO16/c1-32-16-12-11-13-17-33(2)44(68-9)28-40-21-19-38(7)55(67,72-40)50(63)51(64)56-23-15-14-18-41(56)52(65)70-45(29-42(59)34(3)25-37(6)48(61)49(62)47(60)36(5)24-32)35(4)26-39-20-22-43(46(27-39)69-10)71-53(66)54(8,30-57)31-58/h11-13,16-17,25,32,34-36,38-41,43-46,48-49,57-58,61-62,67H,14-15,18-24,26-31H2,1-10H3/b13-11+,16-12+,33-17+,37-25+/t32-,34-,35-,36-,38-,39+,40+,41+,43-,44+,45+,46-,48-,49+,55-/m1/s1. The summed E-state index contributed by atoms with van der Waals surface area (Å²) in [5.41, 5.74) is -0.441. The van der Waals surface area contributed by atoms with Crippen molar-refractivity contribution in [2.75, 3.05) is 34.0 Å². The Hall–Kier alpha value is -3.94. The van der Waals surface area contributed by atoms with Gasteiger partial charge in [0.2, 0.25) is 5.79 Å². The maximum atomic E-state index is 14.5. The molecular weight excluding hydrogens is 931 g/mol. The number of nitrogens with zero attached hydrogens (tertiary/aromatic N) is 1. The zero-order valence-corrected chi connectivity index (χ0v) is 44.3. The maximum Gasteiger partial charge on any atom is 0.329 e. The van der Waals surface area contributed by atoms with Crippen molar-refractivity contribution in [1.82, 2.24) is 4.90 Å². The van der Waals surface area contributed by atoms with Crippen molar-refractivity contribution in [1.29, 1.82) is 0 Å². The maximum absolute atomic E-state index is 14.5. The fourth-order valence-corrected chi connectivity index (χ4v) is 10.5. The summed E-state index contributed by atoms with van der Waals surface area (Å²) < 4.78 is 29.8. The highest BCUT2D eigenvalue weighted by atomic mass is 16.6. The molecule has 0 radical (unpaired) electrons. The lowest BCUT2D eigenvalue weighted by atomic mass is 9.78. The van der Waals surface area contributed by atoms with Crippen LogP contribution < -0.4 is 0 Å². The highest BCUT2D eigenvalue weighted by Crippen LogP contribution is 2.38. The number of carbonyl (C=O) groups excluding carboxylic acids is 6. The Morgan fingerprint density at radius 3 is 2.21 bits per heavy atom. The molecule has 3 fully saturated rings. The summed E-state index contributed by atoms with van der Waals surface area (Å²) in [7, 11) is 3.05. The summed E-state index contributed by atoms with van der Waals surface area (Å²) in [4.78, 5) is 84.8. The Balaban J connectivity index is 1.68. The van der Waals surface area contributed by atoms with Gasteiger partial charge in [-0.25, -0.2) is 4.79 Å². The van der Waals surface area contributed by atoms with Crippen molar-refractivity contribution in [3.63, 3.8) is 0 Å². The van der Waals surface area contributed by atoms with Crippen LogP contribution in [0.25, 0.3) is 0 Å². The number of aliphatic hydroxyl groups is 5. The number of fused-ring (bicyclic) bond motifs is 3. The predicted molar refractivity (Wildman–Crippen MR) is 266 cm³/mol. The summed E-state index contributed by atoms with van der Waals surface area (Å²) in [6.45, 7) is 12.4. The van der Waals surface area contributed by atoms with Crippen LogP contribution in [0.5, 0.6) is 0 Å². The Bertz CT molecular complexity index is 1990. The second-order valence-corrected chi connectivity index (χ2v) is 21.6. The van der Waals surface area contributed by atoms with E-state index >= 15 is 0 Å². The van der Waals surface area contributed by atoms with Gasteiger partial charge in [-0.05, 0) is 114 Å². The highest BCUT2D eigenvalue weighted by Gasteiger charge is 2.53. The second kappa shape index (κ2) is 27.6. The van der Waals surface area contributed by atoms with Gasteiger partial charge in [0.15, 0.2) is 5.78 Å². The number of hydrogen-bond donors (Lipinski definition) is 5. The summed E-state index contributed by atoms with van der Waals surface area (Å²) in [5, 5.41) is 53.8. The molecule has 72 heavy (non-hydrogen) atoms. The molecule has 0 aromatic heterocycles. The molecule has 0 aromatic rings. The largest absolute Gasteiger partial charge is 0.460 e. The van der Waals surface area contributed by atoms with Crippen molar-refractivity contribution in [3.05, 3.63) is 47.6 Å². The van der Waals surface area contributed by atoms with Crippen LogP contribution in [0.4, 0.5) is 0 Å². The number of cyclic esters (lactones) is 1. The molecule has 1 amide bonds. The number of ketones is 3. The lowest BCUT2D eigenvalue weighted by Gasteiger charge is -2.42. The molecule has 4 rings (SSSR count). The minimum Gasteiger partial charge on any atom is -0.460 e. The first kappa shape index (κ1) is 60.6. The number of aliphatic hydroxyl groups excluding tert-OH is 4. The third kappa shape index (κ3) is 15.6. The van der Waals surface area contributed by atoms with Crippen LogP contribution in [0.1, 0.15) is 132 Å². The lowest BCUT2D eigenvalue weighted by molar-refractivity contribution is -0.265. The third-order valence-electron chi connectivity index (χ3n) is 15.7. The molecule has 1 aliphatic carbocycles. The van der Waals surface area contributed by atoms with Crippen molar-refractivity contribution in [2.24, 2.45) is 40.9 Å². The van der Waals surface area contributed by atoms with E-state index in [1.165, 1.54) is 27.0 Å². The molecular formula is C55H85NO16. The molecule has 0 spiro atoms. The van der Waals surface area contributed by atoms with Gasteiger partial charge in [0.1, 0.15) is 41.7 Å². The van der Waals surface area contributed by atoms with Gasteiger partial charge >= 0.3 is 11.9 Å². The lowest BCUT2D eigenvalue weighted by Crippen LogP contribution is -2.61. The average Bonchev–Trinajstić information content (AvgIpc) is 3.36. The van der Waals surface area contributed by atoms with E-state index in [4.69, 9.17) is 23.7 Å². The topological polar surface area (TPSA) is 253 Å². The summed E-state index contributed by atoms with van der Waals surface area (Å²) in [6.07, 6.45) is 8.42. The minimum atomic E-state index is -2.48. The second-order valence-electron chi connectivity index (χ2n) is 21.6. The summed E-state index contributed by atoms with van der Waals surface area (Å²) in [6, 6.07) is -1.21. The molecule has 1 saturated carbocycles. The summed E-state index contributed by atoms with van der Waals surface area (Å²) in [5.74, 6) is -10.0. The number of carbonyl (C=O) groups is 6. The number of hydrogen-bond acceptors (Lipinski definition) is 16. The highest BCUT2D eigenvalue weighted by molar-refractivity contribution is 6.39. The fraction of sp³-hybridized carbons (Fsp3) is 0.745. The van der Waals surface area contributed by atoms with E-state index in [2.05, 4.69) is 0 Å². The molecule has 5 N–H and O–H groups in total. The van der Waals surface area contributed by atoms with Gasteiger partial charge in [0.25, 0.3) is 11.7 Å². The first-order chi connectivity index (χ1) is 33.9. The number of allylic oxidation sites excluding steroid dienone is 6. The van der Waals surface area contributed by atoms with E-state index in [0.29, 0.717) is 57.8 Å². The van der Waals surface area contributed by atoms with Crippen molar-refractivity contribution in [2.45, 2.75) is 187 Å². The molecule has 17 nitrogen and oxygen atoms in total. The quantitative estimate of drug-likeness (QED) is 0.115. The first-order valence-electron chi connectivity index (χ1n) is 26.0. The van der Waals surface area contributed by atoms with Crippen LogP contribution in [0.2, 0.25) is 0 Å². The van der Waals surface area contributed by atoms with Crippen molar-refractivity contribution >= 4 is 35.2 Å². The van der Waals surface area contributed by atoms with Crippen LogP contribution >= 0.6 is 0 Å². The monoisotopic (exact) mass is 1020 g/mol. The van der Waals surface area contributed by atoms with E-state index in [9.17, 15) is 54.3 Å². The van der Waals surface area contributed by atoms with Gasteiger partial charge < -0.3 is 54.1 Å². The molecule has 2 bridgehead atoms. The molecule has 0 unspecified atom stereocenters. The number of amides is 1. The number of rotatable bonds is 9. The van der Waals surface area contributed by atoms with Gasteiger partial charge in [-0.2, -0.15) is 0 Å². The average molecular weight is 1020 g/mol. The molecule has 17 heteroatoms. The Labute approximate surface area is 426 Å². The van der Waals surface area contributed by atoms with Gasteiger partial charge in [-0.15, -0.1) is 0 Å². The molecule has 3 heterocycles. The molecule has 2 saturated heterocycles. The van der Waals surface area contributed by atoms with E-state index in [0.717, 1.165) is 10.5 Å². The summed E-state index contributed by atoms with van der Waals surface area (Å²) >= 11 is 0. The normalized spacial score (nSPS) is 37.8. The first-order valence-corrected chi connectivity index (χ1v) is 26.0. The predicted octanol–water partition coefficient (Wildman–Crippen LogP) is 5.07. The van der Waals surface area contributed by atoms with Gasteiger partial charge in [0.05, 0.1) is 31.5 Å². The molecule has 0 aromatic carbocycles. The van der Waals surface area contributed by atoms with Crippen LogP contribution in [0.15, 0.2) is 47.6 Å². The van der Waals surface area contributed by atoms with Crippen LogP contribution in [-0.2, 0) is 52.5 Å². The smallest absolute Gasteiger partial charge is 0.329 e. The number of ether oxygens (including phenoxy) is 5. The number of Topliss-reactive ketones (excluding diaryl/α,β-unsaturated/α-hetero) is 3. The van der Waals surface area contributed by atoms with E-state index in [-0.39, 0.29) is 49.0 Å².